The first-order chi connectivity index (χ1) is 17.5. The summed E-state index contributed by atoms with van der Waals surface area (Å²) in [6, 6.07) is 16.9. The highest BCUT2D eigenvalue weighted by molar-refractivity contribution is 6.00. The average Bonchev–Trinajstić information content (AvgIpc) is 3.31. The van der Waals surface area contributed by atoms with Crippen LogP contribution in [0.2, 0.25) is 0 Å². The van der Waals surface area contributed by atoms with E-state index in [0.717, 1.165) is 16.5 Å². The van der Waals surface area contributed by atoms with Crippen molar-refractivity contribution in [2.45, 2.75) is 26.7 Å². The molecule has 0 aliphatic carbocycles. The van der Waals surface area contributed by atoms with Gasteiger partial charge in [0.05, 0.1) is 32.0 Å². The molecule has 0 aliphatic rings. The van der Waals surface area contributed by atoms with E-state index < -0.39 is 5.97 Å². The molecule has 1 N–H and O–H groups in total. The van der Waals surface area contributed by atoms with Crippen LogP contribution in [0.1, 0.15) is 36.2 Å². The predicted molar refractivity (Wildman–Crippen MR) is 136 cm³/mol. The number of aryl methyl sites for hydroxylation is 1. The highest BCUT2D eigenvalue weighted by atomic mass is 16.5. The molecule has 0 unspecified atom stereocenters. The average molecular weight is 489 g/mol. The number of fused-ring (bicyclic) bond motifs is 1. The van der Waals surface area contributed by atoms with E-state index in [2.05, 4.69) is 15.4 Å². The molecule has 0 bridgehead atoms. The first-order valence-corrected chi connectivity index (χ1v) is 11.7. The number of ether oxygens (including phenoxy) is 3. The van der Waals surface area contributed by atoms with Gasteiger partial charge < -0.3 is 19.5 Å². The number of hydrogen-bond acceptors (Lipinski definition) is 7. The smallest absolute Gasteiger partial charge is 0.343 e. The fourth-order valence-electron chi connectivity index (χ4n) is 3.77. The van der Waals surface area contributed by atoms with Gasteiger partial charge in [-0.15, -0.1) is 0 Å². The summed E-state index contributed by atoms with van der Waals surface area (Å²) >= 11 is 0. The second-order valence-corrected chi connectivity index (χ2v) is 7.87. The van der Waals surface area contributed by atoms with Gasteiger partial charge in [0.1, 0.15) is 5.56 Å². The molecular formula is C27H28N4O5. The molecule has 0 radical (unpaired) electrons. The molecule has 36 heavy (non-hydrogen) atoms. The fourth-order valence-corrected chi connectivity index (χ4v) is 3.77. The molecule has 0 spiro atoms. The molecule has 9 heteroatoms. The third-order valence-electron chi connectivity index (χ3n) is 5.49. The summed E-state index contributed by atoms with van der Waals surface area (Å²) in [4.78, 5) is 30.2. The normalized spacial score (nSPS) is 10.8. The van der Waals surface area contributed by atoms with Crippen molar-refractivity contribution >= 4 is 28.6 Å². The van der Waals surface area contributed by atoms with Crippen LogP contribution in [0.3, 0.4) is 0 Å². The summed E-state index contributed by atoms with van der Waals surface area (Å²) in [7, 11) is 1.58. The van der Waals surface area contributed by atoms with Crippen LogP contribution < -0.4 is 14.8 Å². The Morgan fingerprint density at radius 1 is 1.00 bits per heavy atom. The quantitative estimate of drug-likeness (QED) is 0.326. The van der Waals surface area contributed by atoms with E-state index in [1.807, 2.05) is 55.5 Å². The first kappa shape index (κ1) is 24.7. The monoisotopic (exact) mass is 488 g/mol. The third kappa shape index (κ3) is 5.46. The van der Waals surface area contributed by atoms with Gasteiger partial charge in [-0.3, -0.25) is 4.79 Å². The topological polar surface area (TPSA) is 105 Å². The minimum absolute atomic E-state index is 0.155. The van der Waals surface area contributed by atoms with Crippen molar-refractivity contribution in [3.05, 3.63) is 71.9 Å². The number of carbonyl (C=O) groups is 2. The number of amides is 1. The number of carbonyl (C=O) groups excluding carboxylic acids is 2. The number of pyridine rings is 1. The zero-order valence-electron chi connectivity index (χ0n) is 20.5. The van der Waals surface area contributed by atoms with Gasteiger partial charge in [0.15, 0.2) is 23.1 Å². The third-order valence-corrected chi connectivity index (χ3v) is 5.49. The second kappa shape index (κ2) is 11.4. The van der Waals surface area contributed by atoms with Gasteiger partial charge in [-0.1, -0.05) is 24.3 Å². The molecule has 2 heterocycles. The van der Waals surface area contributed by atoms with Crippen molar-refractivity contribution in [3.8, 4) is 17.3 Å². The number of aromatic nitrogens is 3. The molecule has 186 valence electrons. The van der Waals surface area contributed by atoms with Crippen LogP contribution >= 0.6 is 0 Å². The molecular weight excluding hydrogens is 460 g/mol. The summed E-state index contributed by atoms with van der Waals surface area (Å²) in [6.45, 7) is 4.35. The highest BCUT2D eigenvalue weighted by Gasteiger charge is 2.22. The zero-order valence-corrected chi connectivity index (χ0v) is 20.5. The van der Waals surface area contributed by atoms with Gasteiger partial charge >= 0.3 is 5.97 Å². The van der Waals surface area contributed by atoms with E-state index in [9.17, 15) is 9.59 Å². The SMILES string of the molecule is CCOC(=O)c1cnn(-c2ccc3ccccc3n2)c1NC(=O)CCc1ccc(OCC)c(OC)c1. The molecule has 4 aromatic rings. The molecule has 9 nitrogen and oxygen atoms in total. The van der Waals surface area contributed by atoms with Gasteiger partial charge in [-0.2, -0.15) is 9.78 Å². The van der Waals surface area contributed by atoms with Crippen molar-refractivity contribution in [3.63, 3.8) is 0 Å². The number of hydrogen-bond donors (Lipinski definition) is 1. The second-order valence-electron chi connectivity index (χ2n) is 7.87. The number of methoxy groups -OCH3 is 1. The Morgan fingerprint density at radius 3 is 2.61 bits per heavy atom. The number of benzene rings is 2. The van der Waals surface area contributed by atoms with E-state index in [1.54, 1.807) is 20.1 Å². The van der Waals surface area contributed by atoms with Crippen molar-refractivity contribution in [1.29, 1.82) is 0 Å². The molecule has 0 aliphatic heterocycles. The van der Waals surface area contributed by atoms with Crippen LogP contribution in [0.25, 0.3) is 16.7 Å². The number of nitrogens with zero attached hydrogens (tertiary/aromatic N) is 3. The predicted octanol–water partition coefficient (Wildman–Crippen LogP) is 4.58. The molecule has 1 amide bonds. The maximum atomic E-state index is 13.0. The van der Waals surface area contributed by atoms with Gasteiger partial charge in [0.25, 0.3) is 0 Å². The van der Waals surface area contributed by atoms with E-state index in [0.29, 0.717) is 30.3 Å². The Bertz CT molecular complexity index is 1380. The van der Waals surface area contributed by atoms with Gasteiger partial charge in [-0.25, -0.2) is 9.78 Å². The summed E-state index contributed by atoms with van der Waals surface area (Å²) in [5.74, 6) is 1.09. The Balaban J connectivity index is 1.57. The number of para-hydroxylation sites is 1. The number of anilines is 1. The van der Waals surface area contributed by atoms with Gasteiger partial charge in [0, 0.05) is 11.8 Å². The zero-order chi connectivity index (χ0) is 25.5. The molecule has 2 aromatic carbocycles. The number of esters is 1. The summed E-state index contributed by atoms with van der Waals surface area (Å²) in [6.07, 6.45) is 2.02. The standard InChI is InChI=1S/C27H28N4O5/c1-4-35-22-13-10-18(16-23(22)34-3)11-15-25(32)30-26-20(27(33)36-5-2)17-28-31(26)24-14-12-19-8-6-7-9-21(19)29-24/h6-10,12-14,16-17H,4-5,11,15H2,1-3H3,(H,30,32). The van der Waals surface area contributed by atoms with Crippen LogP contribution in [0.15, 0.2) is 60.8 Å². The Morgan fingerprint density at radius 2 is 1.83 bits per heavy atom. The lowest BCUT2D eigenvalue weighted by molar-refractivity contribution is -0.116. The van der Waals surface area contributed by atoms with Crippen molar-refractivity contribution < 1.29 is 23.8 Å². The maximum absolute atomic E-state index is 13.0. The van der Waals surface area contributed by atoms with Crippen LogP contribution in [0, 0.1) is 0 Å². The minimum atomic E-state index is -0.573. The molecule has 0 saturated heterocycles. The lowest BCUT2D eigenvalue weighted by atomic mass is 10.1. The van der Waals surface area contributed by atoms with Gasteiger partial charge in [0.2, 0.25) is 5.91 Å². The lowest BCUT2D eigenvalue weighted by Gasteiger charge is -2.12. The Hall–Kier alpha value is -4.40. The maximum Gasteiger partial charge on any atom is 0.343 e. The largest absolute Gasteiger partial charge is 0.493 e. The first-order valence-electron chi connectivity index (χ1n) is 11.7. The minimum Gasteiger partial charge on any atom is -0.493 e. The summed E-state index contributed by atoms with van der Waals surface area (Å²) in [5, 5.41) is 8.13. The number of rotatable bonds is 10. The van der Waals surface area contributed by atoms with E-state index in [-0.39, 0.29) is 30.3 Å². The van der Waals surface area contributed by atoms with Crippen LogP contribution in [-0.2, 0) is 16.0 Å². The lowest BCUT2D eigenvalue weighted by Crippen LogP contribution is -2.18. The molecule has 0 fully saturated rings. The fraction of sp³-hybridized carbons (Fsp3) is 0.259. The van der Waals surface area contributed by atoms with E-state index >= 15 is 0 Å². The molecule has 4 rings (SSSR count). The van der Waals surface area contributed by atoms with Crippen LogP contribution in [-0.4, -0.2) is 47.0 Å². The van der Waals surface area contributed by atoms with Crippen molar-refractivity contribution in [1.82, 2.24) is 14.8 Å². The molecule has 0 atom stereocenters. The Labute approximate surface area is 209 Å². The number of nitrogens with one attached hydrogen (secondary N) is 1. The highest BCUT2D eigenvalue weighted by Crippen LogP contribution is 2.29. The van der Waals surface area contributed by atoms with Crippen LogP contribution in [0.4, 0.5) is 5.82 Å². The van der Waals surface area contributed by atoms with Gasteiger partial charge in [-0.05, 0) is 56.2 Å². The summed E-state index contributed by atoms with van der Waals surface area (Å²) in [5.41, 5.74) is 1.84. The van der Waals surface area contributed by atoms with Crippen molar-refractivity contribution in [2.75, 3.05) is 25.6 Å². The molecule has 0 saturated carbocycles. The summed E-state index contributed by atoms with van der Waals surface area (Å²) < 4.78 is 17.6. The van der Waals surface area contributed by atoms with Crippen LogP contribution in [0.5, 0.6) is 11.5 Å². The van der Waals surface area contributed by atoms with E-state index in [1.165, 1.54) is 10.9 Å². The van der Waals surface area contributed by atoms with E-state index in [4.69, 9.17) is 14.2 Å². The van der Waals surface area contributed by atoms with Crippen molar-refractivity contribution in [2.24, 2.45) is 0 Å². The Kier molecular flexibility index (Phi) is 7.79. The molecule has 2 aromatic heterocycles.